The van der Waals surface area contributed by atoms with E-state index >= 15 is 0 Å². The van der Waals surface area contributed by atoms with Gasteiger partial charge in [-0.3, -0.25) is 0 Å². The maximum Gasteiger partial charge on any atom is 0.316 e. The van der Waals surface area contributed by atoms with E-state index in [1.54, 1.807) is 0 Å². The van der Waals surface area contributed by atoms with Gasteiger partial charge in [-0.2, -0.15) is 9.97 Å². The predicted octanol–water partition coefficient (Wildman–Crippen LogP) is 0.0843. The molecule has 0 saturated heterocycles. The highest BCUT2D eigenvalue weighted by Crippen LogP contribution is 2.23. The third-order valence-electron chi connectivity index (χ3n) is 1.96. The number of hydrogen-bond acceptors (Lipinski definition) is 5. The number of aliphatic hydroxyl groups excluding tert-OH is 1. The Kier molecular flexibility index (Phi) is 2.02. The molecule has 0 amide bonds. The van der Waals surface area contributed by atoms with Crippen molar-refractivity contribution in [3.63, 3.8) is 0 Å². The lowest BCUT2D eigenvalue weighted by Crippen LogP contribution is -2.37. The molecule has 0 unspecified atom stereocenters. The summed E-state index contributed by atoms with van der Waals surface area (Å²) in [5.74, 6) is 0.0148. The summed E-state index contributed by atoms with van der Waals surface area (Å²) >= 11 is 0. The van der Waals surface area contributed by atoms with Gasteiger partial charge in [0.1, 0.15) is 6.10 Å². The molecule has 0 aromatic carbocycles. The summed E-state index contributed by atoms with van der Waals surface area (Å²) in [6.07, 6.45) is 3.57. The Balaban J connectivity index is 1.91. The Morgan fingerprint density at radius 1 is 1.31 bits per heavy atom. The minimum Gasteiger partial charge on any atom is -0.505 e. The average Bonchev–Trinajstić information content (AvgIpc) is 2.06. The lowest BCUT2D eigenvalue weighted by Gasteiger charge is -2.30. The Hall–Kier alpha value is -1.36. The first-order valence-electron chi connectivity index (χ1n) is 4.10. The molecule has 0 bridgehead atoms. The van der Waals surface area contributed by atoms with Crippen molar-refractivity contribution in [1.82, 2.24) is 9.97 Å². The van der Waals surface area contributed by atoms with Crippen molar-refractivity contribution in [3.05, 3.63) is 12.4 Å². The highest BCUT2D eigenvalue weighted by atomic mass is 16.5. The smallest absolute Gasteiger partial charge is 0.316 e. The summed E-state index contributed by atoms with van der Waals surface area (Å²) in [4.78, 5) is 7.52. The second-order valence-electron chi connectivity index (χ2n) is 3.09. The molecule has 0 atom stereocenters. The van der Waals surface area contributed by atoms with E-state index in [-0.39, 0.29) is 24.0 Å². The molecule has 1 fully saturated rings. The van der Waals surface area contributed by atoms with Crippen LogP contribution in [0, 0.1) is 0 Å². The van der Waals surface area contributed by atoms with Crippen LogP contribution in [0.5, 0.6) is 11.8 Å². The van der Waals surface area contributed by atoms with Crippen LogP contribution in [-0.4, -0.2) is 32.4 Å². The number of rotatable bonds is 2. The second-order valence-corrected chi connectivity index (χ2v) is 3.09. The Morgan fingerprint density at radius 2 is 1.92 bits per heavy atom. The first kappa shape index (κ1) is 8.25. The predicted molar refractivity (Wildman–Crippen MR) is 43.4 cm³/mol. The van der Waals surface area contributed by atoms with Crippen molar-refractivity contribution in [2.45, 2.75) is 25.0 Å². The second kappa shape index (κ2) is 3.18. The summed E-state index contributed by atoms with van der Waals surface area (Å²) in [7, 11) is 0. The van der Waals surface area contributed by atoms with Gasteiger partial charge in [0.2, 0.25) is 0 Å². The Labute approximate surface area is 75.0 Å². The highest BCUT2D eigenvalue weighted by Gasteiger charge is 2.29. The quantitative estimate of drug-likeness (QED) is 0.677. The van der Waals surface area contributed by atoms with Crippen molar-refractivity contribution >= 4 is 0 Å². The van der Waals surface area contributed by atoms with Crippen molar-refractivity contribution in [3.8, 4) is 11.8 Å². The van der Waals surface area contributed by atoms with Gasteiger partial charge in [0.25, 0.3) is 0 Å². The topological polar surface area (TPSA) is 75.5 Å². The maximum absolute atomic E-state index is 8.98. The van der Waals surface area contributed by atoms with Gasteiger partial charge < -0.3 is 14.9 Å². The minimum absolute atomic E-state index is 0.0135. The fraction of sp³-hybridized carbons (Fsp3) is 0.500. The van der Waals surface area contributed by atoms with Crippen LogP contribution in [0.3, 0.4) is 0 Å². The molecule has 1 aliphatic carbocycles. The molecular weight excluding hydrogens is 172 g/mol. The van der Waals surface area contributed by atoms with E-state index in [1.165, 1.54) is 12.4 Å². The molecule has 1 aliphatic rings. The number of aliphatic hydroxyl groups is 1. The summed E-state index contributed by atoms with van der Waals surface area (Å²) in [5.41, 5.74) is 0. The highest BCUT2D eigenvalue weighted by molar-refractivity contribution is 5.11. The summed E-state index contributed by atoms with van der Waals surface area (Å²) < 4.78 is 5.28. The zero-order valence-corrected chi connectivity index (χ0v) is 6.92. The molecule has 0 aliphatic heterocycles. The first-order valence-corrected chi connectivity index (χ1v) is 4.10. The van der Waals surface area contributed by atoms with E-state index < -0.39 is 0 Å². The third kappa shape index (κ3) is 1.86. The zero-order chi connectivity index (χ0) is 9.26. The van der Waals surface area contributed by atoms with Gasteiger partial charge in [-0.25, -0.2) is 0 Å². The maximum atomic E-state index is 8.98. The molecule has 1 aromatic heterocycles. The third-order valence-corrected chi connectivity index (χ3v) is 1.96. The molecule has 0 spiro atoms. The van der Waals surface area contributed by atoms with Crippen LogP contribution in [-0.2, 0) is 0 Å². The van der Waals surface area contributed by atoms with Gasteiger partial charge in [-0.1, -0.05) is 0 Å². The Bertz CT molecular complexity index is 282. The minimum atomic E-state index is -0.248. The number of hydrogen-bond donors (Lipinski definition) is 2. The van der Waals surface area contributed by atoms with Crippen LogP contribution in [0.2, 0.25) is 0 Å². The summed E-state index contributed by atoms with van der Waals surface area (Å²) in [6, 6.07) is 0.245. The van der Waals surface area contributed by atoms with Crippen molar-refractivity contribution in [1.29, 1.82) is 0 Å². The standard InChI is InChI=1S/C8H10N2O3/c11-5-1-7(2-5)13-8-9-3-6(12)4-10-8/h3-5,7,11-12H,1-2H2. The monoisotopic (exact) mass is 182 g/mol. The van der Waals surface area contributed by atoms with Crippen LogP contribution in [0.1, 0.15) is 12.8 Å². The van der Waals surface area contributed by atoms with Gasteiger partial charge >= 0.3 is 6.01 Å². The van der Waals surface area contributed by atoms with E-state index in [1.807, 2.05) is 0 Å². The number of aromatic nitrogens is 2. The molecule has 1 saturated carbocycles. The first-order chi connectivity index (χ1) is 6.24. The van der Waals surface area contributed by atoms with E-state index in [4.69, 9.17) is 14.9 Å². The van der Waals surface area contributed by atoms with Crippen molar-refractivity contribution in [2.24, 2.45) is 0 Å². The van der Waals surface area contributed by atoms with E-state index in [2.05, 4.69) is 9.97 Å². The number of aromatic hydroxyl groups is 1. The molecule has 0 radical (unpaired) electrons. The fourth-order valence-electron chi connectivity index (χ4n) is 1.15. The van der Waals surface area contributed by atoms with E-state index in [0.29, 0.717) is 12.8 Å². The normalized spacial score (nSPS) is 26.5. The summed E-state index contributed by atoms with van der Waals surface area (Å²) in [5, 5.41) is 17.9. The zero-order valence-electron chi connectivity index (χ0n) is 6.92. The fourth-order valence-corrected chi connectivity index (χ4v) is 1.15. The number of ether oxygens (including phenoxy) is 1. The van der Waals surface area contributed by atoms with Gasteiger partial charge in [0.15, 0.2) is 5.75 Å². The molecule has 70 valence electrons. The average molecular weight is 182 g/mol. The lowest BCUT2D eigenvalue weighted by molar-refractivity contribution is -0.0151. The molecule has 2 rings (SSSR count). The van der Waals surface area contributed by atoms with Crippen LogP contribution >= 0.6 is 0 Å². The van der Waals surface area contributed by atoms with Crippen LogP contribution in [0.4, 0.5) is 0 Å². The Morgan fingerprint density at radius 3 is 2.46 bits per heavy atom. The lowest BCUT2D eigenvalue weighted by atomic mass is 9.92. The van der Waals surface area contributed by atoms with Crippen molar-refractivity contribution in [2.75, 3.05) is 0 Å². The molecule has 13 heavy (non-hydrogen) atoms. The van der Waals surface area contributed by atoms with Gasteiger partial charge in [0.05, 0.1) is 18.5 Å². The molecular formula is C8H10N2O3. The van der Waals surface area contributed by atoms with E-state index in [9.17, 15) is 0 Å². The number of nitrogens with zero attached hydrogens (tertiary/aromatic N) is 2. The molecule has 1 heterocycles. The van der Waals surface area contributed by atoms with Crippen LogP contribution < -0.4 is 4.74 Å². The van der Waals surface area contributed by atoms with Crippen LogP contribution in [0.15, 0.2) is 12.4 Å². The molecule has 5 heteroatoms. The summed E-state index contributed by atoms with van der Waals surface area (Å²) in [6.45, 7) is 0. The molecule has 5 nitrogen and oxygen atoms in total. The largest absolute Gasteiger partial charge is 0.505 e. The van der Waals surface area contributed by atoms with Gasteiger partial charge in [-0.05, 0) is 0 Å². The van der Waals surface area contributed by atoms with Crippen LogP contribution in [0.25, 0.3) is 0 Å². The van der Waals surface area contributed by atoms with Gasteiger partial charge in [-0.15, -0.1) is 0 Å². The van der Waals surface area contributed by atoms with E-state index in [0.717, 1.165) is 0 Å². The SMILES string of the molecule is Oc1cnc(OC2CC(O)C2)nc1. The molecule has 1 aromatic rings. The molecule has 2 N–H and O–H groups in total. The van der Waals surface area contributed by atoms with Gasteiger partial charge in [0, 0.05) is 12.8 Å². The van der Waals surface area contributed by atoms with Crippen molar-refractivity contribution < 1.29 is 14.9 Å².